The van der Waals surface area contributed by atoms with Crippen LogP contribution < -0.4 is 10.0 Å². The molecule has 1 saturated carbocycles. The summed E-state index contributed by atoms with van der Waals surface area (Å²) in [6, 6.07) is 5.87. The van der Waals surface area contributed by atoms with E-state index >= 15 is 0 Å². The third-order valence-electron chi connectivity index (χ3n) is 3.19. The Hall–Kier alpha value is -2.39. The van der Waals surface area contributed by atoms with Gasteiger partial charge < -0.3 is 14.8 Å². The first-order chi connectivity index (χ1) is 11.4. The Morgan fingerprint density at radius 3 is 2.50 bits per heavy atom. The largest absolute Gasteiger partial charge is 0.466 e. The van der Waals surface area contributed by atoms with Gasteiger partial charge in [-0.1, -0.05) is 6.07 Å². The molecule has 8 nitrogen and oxygen atoms in total. The number of anilines is 1. The Balaban J connectivity index is 2.24. The number of carbonyl (C=O) groups is 2. The van der Waals surface area contributed by atoms with E-state index in [2.05, 4.69) is 19.5 Å². The van der Waals surface area contributed by atoms with Crippen LogP contribution >= 0.6 is 0 Å². The fourth-order valence-electron chi connectivity index (χ4n) is 1.82. The monoisotopic (exact) mass is 354 g/mol. The highest BCUT2D eigenvalue weighted by Crippen LogP contribution is 2.23. The van der Waals surface area contributed by atoms with Gasteiger partial charge in [-0.15, -0.1) is 0 Å². The van der Waals surface area contributed by atoms with Crippen LogP contribution in [0.3, 0.4) is 0 Å². The number of ether oxygens (including phenoxy) is 2. The second kappa shape index (κ2) is 7.45. The van der Waals surface area contributed by atoms with E-state index in [4.69, 9.17) is 0 Å². The zero-order chi connectivity index (χ0) is 17.7. The molecule has 0 aromatic heterocycles. The average Bonchev–Trinajstić information content (AvgIpc) is 3.36. The Morgan fingerprint density at radius 2 is 1.92 bits per heavy atom. The van der Waals surface area contributed by atoms with Crippen LogP contribution in [0.1, 0.15) is 12.8 Å². The van der Waals surface area contributed by atoms with Gasteiger partial charge in [0.05, 0.1) is 25.2 Å². The minimum atomic E-state index is -3.63. The summed E-state index contributed by atoms with van der Waals surface area (Å²) < 4.78 is 36.1. The first-order valence-electron chi connectivity index (χ1n) is 7.13. The number of hydrogen-bond acceptors (Lipinski definition) is 7. The lowest BCUT2D eigenvalue weighted by molar-refractivity contribution is -0.138. The first-order valence-corrected chi connectivity index (χ1v) is 8.61. The highest BCUT2D eigenvalue weighted by atomic mass is 32.2. The van der Waals surface area contributed by atoms with E-state index in [1.54, 1.807) is 6.07 Å². The Labute approximate surface area is 139 Å². The van der Waals surface area contributed by atoms with Crippen LogP contribution in [-0.2, 0) is 29.1 Å². The van der Waals surface area contributed by atoms with Crippen LogP contribution in [0.15, 0.2) is 40.9 Å². The molecule has 0 atom stereocenters. The maximum atomic E-state index is 12.2. The average molecular weight is 354 g/mol. The summed E-state index contributed by atoms with van der Waals surface area (Å²) >= 11 is 0. The van der Waals surface area contributed by atoms with Gasteiger partial charge in [-0.25, -0.2) is 22.7 Å². The van der Waals surface area contributed by atoms with E-state index < -0.39 is 22.0 Å². The van der Waals surface area contributed by atoms with Gasteiger partial charge in [0.1, 0.15) is 5.70 Å². The van der Waals surface area contributed by atoms with E-state index in [-0.39, 0.29) is 16.6 Å². The molecule has 0 bridgehead atoms. The number of methoxy groups -OCH3 is 2. The highest BCUT2D eigenvalue weighted by molar-refractivity contribution is 7.89. The van der Waals surface area contributed by atoms with E-state index in [0.717, 1.165) is 26.0 Å². The summed E-state index contributed by atoms with van der Waals surface area (Å²) in [7, 11) is -1.29. The Kier molecular flexibility index (Phi) is 5.58. The molecule has 1 aliphatic carbocycles. The molecule has 9 heteroatoms. The summed E-state index contributed by atoms with van der Waals surface area (Å²) in [5.41, 5.74) is 0.142. The SMILES string of the molecule is COC(=O)/C=C(/Nc1cccc(S(=O)(=O)NC2CC2)c1)C(=O)OC. The normalized spacial score (nSPS) is 14.8. The molecule has 0 saturated heterocycles. The van der Waals surface area contributed by atoms with Gasteiger partial charge in [0.15, 0.2) is 0 Å². The van der Waals surface area contributed by atoms with Crippen molar-refractivity contribution in [2.45, 2.75) is 23.8 Å². The summed E-state index contributed by atoms with van der Waals surface area (Å²) in [6.45, 7) is 0. The van der Waals surface area contributed by atoms with E-state index in [0.29, 0.717) is 5.69 Å². The predicted molar refractivity (Wildman–Crippen MR) is 85.5 cm³/mol. The van der Waals surface area contributed by atoms with Crippen LogP contribution in [0.4, 0.5) is 5.69 Å². The molecule has 130 valence electrons. The number of esters is 2. The van der Waals surface area contributed by atoms with Crippen molar-refractivity contribution in [1.82, 2.24) is 4.72 Å². The van der Waals surface area contributed by atoms with Crippen molar-refractivity contribution in [2.24, 2.45) is 0 Å². The van der Waals surface area contributed by atoms with Crippen molar-refractivity contribution in [3.05, 3.63) is 36.0 Å². The molecule has 1 fully saturated rings. The lowest BCUT2D eigenvalue weighted by Gasteiger charge is -2.11. The van der Waals surface area contributed by atoms with Crippen molar-refractivity contribution >= 4 is 27.6 Å². The van der Waals surface area contributed by atoms with E-state index in [9.17, 15) is 18.0 Å². The fourth-order valence-corrected chi connectivity index (χ4v) is 3.17. The zero-order valence-corrected chi connectivity index (χ0v) is 14.1. The lowest BCUT2D eigenvalue weighted by atomic mass is 10.3. The summed E-state index contributed by atoms with van der Waals surface area (Å²) in [6.07, 6.45) is 2.58. The van der Waals surface area contributed by atoms with Crippen molar-refractivity contribution in [1.29, 1.82) is 0 Å². The van der Waals surface area contributed by atoms with E-state index in [1.165, 1.54) is 25.3 Å². The lowest BCUT2D eigenvalue weighted by Crippen LogP contribution is -2.25. The zero-order valence-electron chi connectivity index (χ0n) is 13.2. The molecule has 0 spiro atoms. The molecule has 1 aromatic carbocycles. The highest BCUT2D eigenvalue weighted by Gasteiger charge is 2.28. The number of rotatable bonds is 7. The molecule has 0 aliphatic heterocycles. The predicted octanol–water partition coefficient (Wildman–Crippen LogP) is 0.769. The summed E-state index contributed by atoms with van der Waals surface area (Å²) in [4.78, 5) is 23.1. The van der Waals surface area contributed by atoms with Crippen molar-refractivity contribution in [3.63, 3.8) is 0 Å². The second-order valence-corrected chi connectivity index (χ2v) is 6.84. The van der Waals surface area contributed by atoms with Crippen LogP contribution in [0.25, 0.3) is 0 Å². The van der Waals surface area contributed by atoms with Gasteiger partial charge in [0.2, 0.25) is 10.0 Å². The maximum Gasteiger partial charge on any atom is 0.354 e. The molecule has 0 radical (unpaired) electrons. The topological polar surface area (TPSA) is 111 Å². The minimum absolute atomic E-state index is 0.0172. The Bertz CT molecular complexity index is 768. The molecule has 0 amide bonds. The smallest absolute Gasteiger partial charge is 0.354 e. The standard InChI is InChI=1S/C15H18N2O6S/c1-22-14(18)9-13(15(19)23-2)16-11-4-3-5-12(8-11)24(20,21)17-10-6-7-10/h3-5,8-10,16-17H,6-7H2,1-2H3/b13-9+. The third kappa shape index (κ3) is 4.80. The van der Waals surface area contributed by atoms with Gasteiger partial charge in [0.25, 0.3) is 0 Å². The molecular formula is C15H18N2O6S. The van der Waals surface area contributed by atoms with E-state index in [1.807, 2.05) is 0 Å². The fraction of sp³-hybridized carbons (Fsp3) is 0.333. The van der Waals surface area contributed by atoms with Gasteiger partial charge >= 0.3 is 11.9 Å². The third-order valence-corrected chi connectivity index (χ3v) is 4.71. The second-order valence-electron chi connectivity index (χ2n) is 5.12. The minimum Gasteiger partial charge on any atom is -0.466 e. The quantitative estimate of drug-likeness (QED) is 0.549. The molecule has 1 aliphatic rings. The number of nitrogens with one attached hydrogen (secondary N) is 2. The van der Waals surface area contributed by atoms with Crippen molar-refractivity contribution in [2.75, 3.05) is 19.5 Å². The molecular weight excluding hydrogens is 336 g/mol. The molecule has 1 aromatic rings. The van der Waals surface area contributed by atoms with Gasteiger partial charge in [-0.3, -0.25) is 0 Å². The molecule has 2 N–H and O–H groups in total. The molecule has 0 heterocycles. The maximum absolute atomic E-state index is 12.2. The van der Waals surface area contributed by atoms with Crippen LogP contribution in [0.5, 0.6) is 0 Å². The summed E-state index contributed by atoms with van der Waals surface area (Å²) in [5, 5.41) is 2.67. The number of carbonyl (C=O) groups excluding carboxylic acids is 2. The van der Waals surface area contributed by atoms with Crippen molar-refractivity contribution < 1.29 is 27.5 Å². The van der Waals surface area contributed by atoms with Gasteiger partial charge in [0, 0.05) is 11.7 Å². The molecule has 24 heavy (non-hydrogen) atoms. The van der Waals surface area contributed by atoms with Crippen LogP contribution in [0, 0.1) is 0 Å². The summed E-state index contributed by atoms with van der Waals surface area (Å²) in [5.74, 6) is -1.54. The number of hydrogen-bond donors (Lipinski definition) is 2. The Morgan fingerprint density at radius 1 is 1.21 bits per heavy atom. The van der Waals surface area contributed by atoms with Gasteiger partial charge in [-0.05, 0) is 31.0 Å². The number of sulfonamides is 1. The number of benzene rings is 1. The van der Waals surface area contributed by atoms with Crippen LogP contribution in [0.2, 0.25) is 0 Å². The van der Waals surface area contributed by atoms with Crippen molar-refractivity contribution in [3.8, 4) is 0 Å². The molecule has 2 rings (SSSR count). The first kappa shape index (κ1) is 18.0. The molecule has 0 unspecified atom stereocenters. The van der Waals surface area contributed by atoms with Crippen LogP contribution in [-0.4, -0.2) is 40.6 Å². The van der Waals surface area contributed by atoms with Gasteiger partial charge in [-0.2, -0.15) is 0 Å².